The van der Waals surface area contributed by atoms with Gasteiger partial charge in [-0.15, -0.1) is 22.1 Å². The molecule has 2 aliphatic rings. The summed E-state index contributed by atoms with van der Waals surface area (Å²) in [6.07, 6.45) is 8.79. The molecule has 8 bridgehead atoms. The summed E-state index contributed by atoms with van der Waals surface area (Å²) in [5, 5.41) is 0. The smallest absolute Gasteiger partial charge is 0.657 e. The predicted molar refractivity (Wildman–Crippen MR) is 323 cm³/mol. The fraction of sp³-hybridized carbons (Fsp3) is 0.353. The molecule has 0 fully saturated rings. The second-order valence-electron chi connectivity index (χ2n) is 26.8. The van der Waals surface area contributed by atoms with Crippen LogP contribution < -0.4 is 9.97 Å². The second kappa shape index (κ2) is 19.4. The summed E-state index contributed by atoms with van der Waals surface area (Å²) in [5.74, 6) is 0. The Bertz CT molecular complexity index is 3400. The van der Waals surface area contributed by atoms with Crippen LogP contribution >= 0.6 is 22.6 Å². The maximum Gasteiger partial charge on any atom is 2.00 e. The molecule has 0 N–H and O–H groups in total. The Kier molecular flexibility index (Phi) is 14.5. The molecule has 0 unspecified atom stereocenters. The van der Waals surface area contributed by atoms with Crippen molar-refractivity contribution in [2.75, 3.05) is 0 Å². The Morgan fingerprint density at radius 1 is 0.311 bits per heavy atom. The zero-order valence-electron chi connectivity index (χ0n) is 47.5. The largest absolute Gasteiger partial charge is 2.00 e. The van der Waals surface area contributed by atoms with Gasteiger partial charge >= 0.3 is 19.5 Å². The summed E-state index contributed by atoms with van der Waals surface area (Å²) < 4.78 is 1.15. The molecule has 0 amide bonds. The molecular formula is C68H75IN4Zn. The van der Waals surface area contributed by atoms with Crippen LogP contribution in [0, 0.1) is 3.57 Å². The summed E-state index contributed by atoms with van der Waals surface area (Å²) in [5.41, 5.74) is 22.3. The van der Waals surface area contributed by atoms with Crippen LogP contribution in [-0.4, -0.2) is 9.97 Å². The van der Waals surface area contributed by atoms with Gasteiger partial charge in [0.2, 0.25) is 0 Å². The molecule has 7 aromatic rings. The van der Waals surface area contributed by atoms with Crippen LogP contribution in [0.2, 0.25) is 0 Å². The maximum atomic E-state index is 5.76. The van der Waals surface area contributed by atoms with E-state index in [1.807, 2.05) is 0 Å². The van der Waals surface area contributed by atoms with Crippen molar-refractivity contribution in [1.82, 2.24) is 19.9 Å². The van der Waals surface area contributed by atoms with Crippen molar-refractivity contribution in [1.29, 1.82) is 0 Å². The van der Waals surface area contributed by atoms with Gasteiger partial charge in [-0.3, -0.25) is 0 Å². The van der Waals surface area contributed by atoms with Gasteiger partial charge in [0, 0.05) is 3.57 Å². The van der Waals surface area contributed by atoms with Crippen LogP contribution in [0.5, 0.6) is 0 Å². The molecule has 4 aromatic carbocycles. The third-order valence-corrected chi connectivity index (χ3v) is 15.3. The summed E-state index contributed by atoms with van der Waals surface area (Å²) in [4.78, 5) is 22.9. The molecule has 0 aliphatic carbocycles. The number of benzene rings is 4. The van der Waals surface area contributed by atoms with E-state index in [9.17, 15) is 0 Å². The number of halogens is 1. The molecule has 4 nitrogen and oxygen atoms in total. The summed E-state index contributed by atoms with van der Waals surface area (Å²) in [7, 11) is 0. The molecule has 0 atom stereocenters. The van der Waals surface area contributed by atoms with Crippen molar-refractivity contribution in [3.05, 3.63) is 163 Å². The van der Waals surface area contributed by atoms with Gasteiger partial charge in [0.05, 0.1) is 22.8 Å². The Balaban J connectivity index is 0.00000729. The van der Waals surface area contributed by atoms with Crippen molar-refractivity contribution in [2.45, 2.75) is 157 Å². The van der Waals surface area contributed by atoms with Crippen molar-refractivity contribution >= 4 is 69.0 Å². The molecule has 2 aliphatic heterocycles. The Labute approximate surface area is 469 Å². The van der Waals surface area contributed by atoms with Gasteiger partial charge in [-0.25, -0.2) is 9.97 Å². The third kappa shape index (κ3) is 11.2. The first-order valence-corrected chi connectivity index (χ1v) is 27.2. The quantitative estimate of drug-likeness (QED) is 0.130. The van der Waals surface area contributed by atoms with Crippen molar-refractivity contribution in [3.63, 3.8) is 0 Å². The minimum absolute atomic E-state index is 0. The van der Waals surface area contributed by atoms with E-state index in [1.54, 1.807) is 0 Å². The molecule has 0 radical (unpaired) electrons. The molecule has 74 heavy (non-hydrogen) atoms. The first kappa shape index (κ1) is 55.1. The number of rotatable bonds is 4. The first-order valence-electron chi connectivity index (χ1n) is 26.1. The standard InChI is InChI=1S/C68H75IN4.Zn/c1-63(2,3)44-30-41(31-45(37-44)64(4,5)6)60-53-24-22-51(70-53)59(40-20-19-21-50(69)36-40)52-23-25-54(71-52)61(42-32-46(65(7,8)9)38-47(33-42)66(10,11)12)56-27-29-58(73-56)62(57-28-26-55(60)72-57)43-34-48(67(13,14)15)39-49(35-43)68(16,17)18;/h19-39H,1-18H3;/q-2;+2. The molecule has 0 spiro atoms. The van der Waals surface area contributed by atoms with Crippen LogP contribution in [-0.2, 0) is 52.0 Å². The number of hydrogen-bond acceptors (Lipinski definition) is 2. The molecule has 6 heteroatoms. The van der Waals surface area contributed by atoms with Gasteiger partial charge in [-0.1, -0.05) is 216 Å². The van der Waals surface area contributed by atoms with Gasteiger partial charge in [-0.2, -0.15) is 0 Å². The van der Waals surface area contributed by atoms with Crippen LogP contribution in [0.15, 0.2) is 103 Å². The molecule has 3 aromatic heterocycles. The van der Waals surface area contributed by atoms with E-state index in [-0.39, 0.29) is 52.0 Å². The van der Waals surface area contributed by atoms with Gasteiger partial charge in [0.15, 0.2) is 0 Å². The number of nitrogens with zero attached hydrogens (tertiary/aromatic N) is 4. The number of fused-ring (bicyclic) bond motifs is 8. The van der Waals surface area contributed by atoms with Gasteiger partial charge < -0.3 is 9.97 Å². The van der Waals surface area contributed by atoms with Gasteiger partial charge in [0.1, 0.15) is 0 Å². The van der Waals surface area contributed by atoms with Gasteiger partial charge in [0.25, 0.3) is 0 Å². The number of hydrogen-bond donors (Lipinski definition) is 0. The van der Waals surface area contributed by atoms with Gasteiger partial charge in [-0.05, 0) is 169 Å². The zero-order chi connectivity index (χ0) is 53.0. The fourth-order valence-electron chi connectivity index (χ4n) is 9.83. The molecular weight excluding hydrogens is 1070 g/mol. The van der Waals surface area contributed by atoms with Crippen LogP contribution in [0.25, 0.3) is 90.9 Å². The Hall–Kier alpha value is -5.17. The van der Waals surface area contributed by atoms with Crippen LogP contribution in [0.1, 0.15) is 181 Å². The molecule has 9 rings (SSSR count). The SMILES string of the molecule is CC(C)(C)c1cc(-c2c3nc(c(-c4cc(C(C)(C)C)cc(C(C)(C)C)c4)c4ccc([n-]4)c(-c4cc(C(C)(C)C)cc(C(C)(C)C)c4)c4nc(c(-c5cccc(I)c5)c5ccc2[n-]5)C=C4)C=C3)cc(C(C)(C)C)c1.[Zn+2]. The van der Waals surface area contributed by atoms with E-state index in [1.165, 1.54) is 33.4 Å². The van der Waals surface area contributed by atoms with E-state index in [0.29, 0.717) is 0 Å². The molecule has 0 saturated heterocycles. The summed E-state index contributed by atoms with van der Waals surface area (Å²) in [6.45, 7) is 41.5. The van der Waals surface area contributed by atoms with Crippen molar-refractivity contribution in [3.8, 4) is 44.5 Å². The average molecular weight is 1140 g/mol. The summed E-state index contributed by atoms with van der Waals surface area (Å²) in [6, 6.07) is 38.9. The van der Waals surface area contributed by atoms with E-state index in [4.69, 9.17) is 19.9 Å². The fourth-order valence-corrected chi connectivity index (χ4v) is 10.4. The van der Waals surface area contributed by atoms with E-state index < -0.39 is 0 Å². The molecule has 5 heterocycles. The van der Waals surface area contributed by atoms with E-state index in [0.717, 1.165) is 92.9 Å². The topological polar surface area (TPSA) is 54.0 Å². The zero-order valence-corrected chi connectivity index (χ0v) is 52.6. The number of aromatic nitrogens is 4. The van der Waals surface area contributed by atoms with E-state index >= 15 is 0 Å². The molecule has 376 valence electrons. The predicted octanol–water partition coefficient (Wildman–Crippen LogP) is 19.0. The van der Waals surface area contributed by atoms with Crippen LogP contribution in [0.4, 0.5) is 0 Å². The van der Waals surface area contributed by atoms with Crippen molar-refractivity contribution in [2.24, 2.45) is 0 Å². The second-order valence-corrected chi connectivity index (χ2v) is 28.0. The third-order valence-electron chi connectivity index (χ3n) is 14.6. The molecule has 0 saturated carbocycles. The Morgan fingerprint density at radius 3 is 0.784 bits per heavy atom. The minimum atomic E-state index is -0.103. The van der Waals surface area contributed by atoms with Crippen molar-refractivity contribution < 1.29 is 19.5 Å². The first-order chi connectivity index (χ1) is 33.8. The maximum absolute atomic E-state index is 5.76. The summed E-state index contributed by atoms with van der Waals surface area (Å²) >= 11 is 2.42. The minimum Gasteiger partial charge on any atom is -0.657 e. The normalized spacial score (nSPS) is 13.4. The van der Waals surface area contributed by atoms with Crippen LogP contribution in [0.3, 0.4) is 0 Å². The average Bonchev–Trinajstić information content (AvgIpc) is 4.13. The monoisotopic (exact) mass is 1140 g/mol. The van der Waals surface area contributed by atoms with E-state index in [2.05, 4.69) is 275 Å². The Morgan fingerprint density at radius 2 is 0.554 bits per heavy atom.